The molecule has 1 aromatic carbocycles. The molecule has 184 valence electrons. The number of carbonyl (C=O) groups excluding carboxylic acids is 1. The van der Waals surface area contributed by atoms with Crippen LogP contribution < -0.4 is 0 Å². The van der Waals surface area contributed by atoms with Gasteiger partial charge in [-0.1, -0.05) is 48.5 Å². The highest BCUT2D eigenvalue weighted by Crippen LogP contribution is 2.25. The van der Waals surface area contributed by atoms with Crippen molar-refractivity contribution < 1.29 is 24.2 Å². The van der Waals surface area contributed by atoms with E-state index in [0.29, 0.717) is 55.3 Å². The summed E-state index contributed by atoms with van der Waals surface area (Å²) in [6.07, 6.45) is 5.60. The third-order valence-corrected chi connectivity index (χ3v) is 6.81. The maximum Gasteiger partial charge on any atom is 0.369 e. The number of hydrogen-bond acceptors (Lipinski definition) is 7. The minimum atomic E-state index is -0.992. The maximum atomic E-state index is 12.5. The molecule has 2 aromatic rings. The third-order valence-electron chi connectivity index (χ3n) is 5.19. The minimum absolute atomic E-state index is 0.0631. The average molecular weight is 513 g/mol. The second-order valence-electron chi connectivity index (χ2n) is 7.75. The molecule has 0 spiro atoms. The van der Waals surface area contributed by atoms with Gasteiger partial charge < -0.3 is 14.6 Å². The zero-order chi connectivity index (χ0) is 25.0. The van der Waals surface area contributed by atoms with E-state index in [1.54, 1.807) is 35.6 Å². The Labute approximate surface area is 213 Å². The lowest BCUT2D eigenvalue weighted by Crippen LogP contribution is -2.50. The summed E-state index contributed by atoms with van der Waals surface area (Å²) in [6.45, 7) is 5.21. The van der Waals surface area contributed by atoms with Gasteiger partial charge in [-0.05, 0) is 71.7 Å². The van der Waals surface area contributed by atoms with Crippen molar-refractivity contribution in [3.05, 3.63) is 83.2 Å². The summed E-state index contributed by atoms with van der Waals surface area (Å²) in [5.41, 5.74) is 1.83. The van der Waals surface area contributed by atoms with E-state index in [-0.39, 0.29) is 5.24 Å². The number of allylic oxidation sites excluding steroid dienone is 2. The quantitative estimate of drug-likeness (QED) is 0.330. The summed E-state index contributed by atoms with van der Waals surface area (Å²) in [4.78, 5) is 24.2. The SMILES string of the molecule is C=C/C=C(/CCN1C(=O)SCCN1CCC(O)Cc1cccc(C#Cc2ccco2)c1)SC(=O)O. The predicted octanol–water partition coefficient (Wildman–Crippen LogP) is 5.23. The molecule has 1 aromatic heterocycles. The van der Waals surface area contributed by atoms with E-state index in [0.717, 1.165) is 22.9 Å². The van der Waals surface area contributed by atoms with Crippen molar-refractivity contribution in [3.8, 4) is 11.8 Å². The Bertz CT molecular complexity index is 1100. The lowest BCUT2D eigenvalue weighted by Gasteiger charge is -2.38. The Kier molecular flexibility index (Phi) is 10.6. The van der Waals surface area contributed by atoms with Crippen molar-refractivity contribution in [2.75, 3.05) is 25.4 Å². The molecule has 1 unspecified atom stereocenters. The zero-order valence-corrected chi connectivity index (χ0v) is 20.9. The fraction of sp³-hybridized carbons (Fsp3) is 0.308. The van der Waals surface area contributed by atoms with Gasteiger partial charge in [-0.3, -0.25) is 9.80 Å². The van der Waals surface area contributed by atoms with E-state index in [2.05, 4.69) is 18.4 Å². The summed E-state index contributed by atoms with van der Waals surface area (Å²) in [5, 5.41) is 22.3. The summed E-state index contributed by atoms with van der Waals surface area (Å²) in [7, 11) is 0. The summed E-state index contributed by atoms with van der Waals surface area (Å²) in [5.74, 6) is 7.32. The van der Waals surface area contributed by atoms with E-state index in [1.807, 2.05) is 29.3 Å². The van der Waals surface area contributed by atoms with Gasteiger partial charge >= 0.3 is 5.30 Å². The number of amides is 1. The Morgan fingerprint density at radius 2 is 2.14 bits per heavy atom. The second-order valence-corrected chi connectivity index (χ2v) is 9.88. The van der Waals surface area contributed by atoms with Gasteiger partial charge in [0.05, 0.1) is 12.4 Å². The number of carbonyl (C=O) groups is 2. The average Bonchev–Trinajstić information content (AvgIpc) is 3.34. The van der Waals surface area contributed by atoms with Gasteiger partial charge in [0.15, 0.2) is 5.76 Å². The molecule has 1 atom stereocenters. The molecule has 3 rings (SSSR count). The van der Waals surface area contributed by atoms with Crippen LogP contribution in [0.3, 0.4) is 0 Å². The molecule has 7 nitrogen and oxygen atoms in total. The van der Waals surface area contributed by atoms with Crippen LogP contribution in [0.4, 0.5) is 9.59 Å². The first-order chi connectivity index (χ1) is 16.9. The standard InChI is InChI=1S/C26H28N2O5S2/c1-2-5-24(35-26(31)32)12-14-28-25(30)34-17-15-27(28)13-11-22(29)19-21-7-3-6-20(18-21)9-10-23-8-4-16-33-23/h2-8,16,18,22,29H,1,11-15,17,19H2,(H,31,32)/b24-5-. The molecule has 1 aliphatic rings. The molecule has 1 aliphatic heterocycles. The number of thioether (sulfide) groups is 2. The van der Waals surface area contributed by atoms with Gasteiger partial charge in [-0.25, -0.2) is 9.80 Å². The molecule has 0 saturated carbocycles. The molecule has 9 heteroatoms. The number of hydrazine groups is 1. The van der Waals surface area contributed by atoms with Gasteiger partial charge in [0.1, 0.15) is 0 Å². The number of furan rings is 1. The zero-order valence-electron chi connectivity index (χ0n) is 19.3. The number of hydrogen-bond donors (Lipinski definition) is 2. The molecule has 2 heterocycles. The molecule has 0 aliphatic carbocycles. The summed E-state index contributed by atoms with van der Waals surface area (Å²) < 4.78 is 5.23. The fourth-order valence-electron chi connectivity index (χ4n) is 3.57. The highest BCUT2D eigenvalue weighted by Gasteiger charge is 2.27. The highest BCUT2D eigenvalue weighted by molar-refractivity contribution is 8.16. The normalized spacial score (nSPS) is 15.4. The van der Waals surface area contributed by atoms with Crippen molar-refractivity contribution in [3.63, 3.8) is 0 Å². The van der Waals surface area contributed by atoms with Crippen LogP contribution in [-0.2, 0) is 6.42 Å². The van der Waals surface area contributed by atoms with Crippen LogP contribution in [0.5, 0.6) is 0 Å². The van der Waals surface area contributed by atoms with Crippen molar-refractivity contribution in [1.82, 2.24) is 10.0 Å². The largest absolute Gasteiger partial charge is 0.473 e. The topological polar surface area (TPSA) is 94.2 Å². The molecule has 1 saturated heterocycles. The van der Waals surface area contributed by atoms with Gasteiger partial charge in [-0.15, -0.1) is 0 Å². The highest BCUT2D eigenvalue weighted by atomic mass is 32.2. The summed E-state index contributed by atoms with van der Waals surface area (Å²) in [6, 6.07) is 11.3. The van der Waals surface area contributed by atoms with Crippen LogP contribution in [0.1, 0.15) is 29.7 Å². The molecule has 1 amide bonds. The first-order valence-electron chi connectivity index (χ1n) is 11.2. The van der Waals surface area contributed by atoms with Gasteiger partial charge in [0.25, 0.3) is 5.24 Å². The van der Waals surface area contributed by atoms with Gasteiger partial charge in [0, 0.05) is 31.0 Å². The second kappa shape index (κ2) is 13.9. The van der Waals surface area contributed by atoms with Crippen LogP contribution >= 0.6 is 23.5 Å². The molecule has 0 bridgehead atoms. The summed E-state index contributed by atoms with van der Waals surface area (Å²) >= 11 is 1.98. The molecule has 1 fully saturated rings. The Balaban J connectivity index is 1.54. The maximum absolute atomic E-state index is 12.5. The number of carboxylic acid groups (broad SMARTS) is 1. The molecular formula is C26H28N2O5S2. The first-order valence-corrected chi connectivity index (χ1v) is 13.0. The molecule has 0 radical (unpaired) electrons. The monoisotopic (exact) mass is 512 g/mol. The number of benzene rings is 1. The van der Waals surface area contributed by atoms with E-state index in [4.69, 9.17) is 9.52 Å². The van der Waals surface area contributed by atoms with Crippen molar-refractivity contribution >= 4 is 34.1 Å². The van der Waals surface area contributed by atoms with E-state index < -0.39 is 11.4 Å². The Morgan fingerprint density at radius 1 is 1.29 bits per heavy atom. The van der Waals surface area contributed by atoms with Crippen molar-refractivity contribution in [1.29, 1.82) is 0 Å². The van der Waals surface area contributed by atoms with Crippen molar-refractivity contribution in [2.45, 2.75) is 25.4 Å². The number of rotatable bonds is 10. The first kappa shape index (κ1) is 26.7. The van der Waals surface area contributed by atoms with Crippen LogP contribution in [0, 0.1) is 11.8 Å². The number of aliphatic hydroxyl groups excluding tert-OH is 1. The van der Waals surface area contributed by atoms with Gasteiger partial charge in [-0.2, -0.15) is 0 Å². The number of nitrogens with zero attached hydrogens (tertiary/aromatic N) is 2. The molecular weight excluding hydrogens is 484 g/mol. The lowest BCUT2D eigenvalue weighted by molar-refractivity contribution is 0.0150. The lowest BCUT2D eigenvalue weighted by atomic mass is 10.0. The van der Waals surface area contributed by atoms with Crippen LogP contribution in [-0.4, -0.2) is 62.3 Å². The van der Waals surface area contributed by atoms with Crippen LogP contribution in [0.15, 0.2) is 70.7 Å². The predicted molar refractivity (Wildman–Crippen MR) is 140 cm³/mol. The van der Waals surface area contributed by atoms with Gasteiger partial charge in [0.2, 0.25) is 0 Å². The van der Waals surface area contributed by atoms with E-state index >= 15 is 0 Å². The smallest absolute Gasteiger partial charge is 0.369 e. The molecule has 2 N–H and O–H groups in total. The van der Waals surface area contributed by atoms with Crippen LogP contribution in [0.2, 0.25) is 0 Å². The third kappa shape index (κ3) is 9.00. The Hall–Kier alpha value is -2.90. The number of aliphatic hydroxyl groups is 1. The molecule has 35 heavy (non-hydrogen) atoms. The fourth-order valence-corrected chi connectivity index (χ4v) is 4.99. The minimum Gasteiger partial charge on any atom is -0.473 e. The van der Waals surface area contributed by atoms with Crippen LogP contribution in [0.25, 0.3) is 0 Å². The van der Waals surface area contributed by atoms with E-state index in [1.165, 1.54) is 11.8 Å². The van der Waals surface area contributed by atoms with E-state index in [9.17, 15) is 14.7 Å². The van der Waals surface area contributed by atoms with Crippen molar-refractivity contribution in [2.24, 2.45) is 0 Å². The Morgan fingerprint density at radius 3 is 2.89 bits per heavy atom.